The van der Waals surface area contributed by atoms with Gasteiger partial charge in [-0.2, -0.15) is 12.7 Å². The van der Waals surface area contributed by atoms with Crippen LogP contribution in [0.15, 0.2) is 24.3 Å². The van der Waals surface area contributed by atoms with Crippen molar-refractivity contribution in [1.82, 2.24) is 4.31 Å². The largest absolute Gasteiger partial charge is 0.301 e. The molecule has 0 radical (unpaired) electrons. The Hall–Kier alpha value is -1.40. The molecule has 1 aliphatic heterocycles. The Bertz CT molecular complexity index is 507. The molecule has 0 bridgehead atoms. The summed E-state index contributed by atoms with van der Waals surface area (Å²) < 4.78 is 27.7. The standard InChI is InChI=1S/C11H14N2O3S/c14-9-10-4-3-5-11(8-10)12-17(15,16)13-6-1-2-7-13/h3-5,8-9,12H,1-2,6-7H2. The number of nitrogens with zero attached hydrogens (tertiary/aromatic N) is 1. The van der Waals surface area contributed by atoms with Crippen molar-refractivity contribution in [3.63, 3.8) is 0 Å². The maximum atomic E-state index is 11.9. The predicted molar refractivity (Wildman–Crippen MR) is 65.2 cm³/mol. The fraction of sp³-hybridized carbons (Fsp3) is 0.364. The molecule has 0 saturated carbocycles. The quantitative estimate of drug-likeness (QED) is 0.822. The van der Waals surface area contributed by atoms with Crippen LogP contribution in [-0.2, 0) is 10.2 Å². The second-order valence-corrected chi connectivity index (χ2v) is 5.63. The summed E-state index contributed by atoms with van der Waals surface area (Å²) in [5.41, 5.74) is 0.869. The summed E-state index contributed by atoms with van der Waals surface area (Å²) in [6.45, 7) is 1.12. The summed E-state index contributed by atoms with van der Waals surface area (Å²) in [6, 6.07) is 6.41. The van der Waals surface area contributed by atoms with E-state index in [1.54, 1.807) is 18.2 Å². The van der Waals surface area contributed by atoms with E-state index < -0.39 is 10.2 Å². The van der Waals surface area contributed by atoms with Crippen molar-refractivity contribution < 1.29 is 13.2 Å². The Morgan fingerprint density at radius 3 is 2.59 bits per heavy atom. The molecule has 0 spiro atoms. The van der Waals surface area contributed by atoms with Crippen LogP contribution in [0.5, 0.6) is 0 Å². The van der Waals surface area contributed by atoms with E-state index in [-0.39, 0.29) is 0 Å². The molecule has 6 heteroatoms. The van der Waals surface area contributed by atoms with E-state index in [0.29, 0.717) is 30.6 Å². The molecule has 1 aromatic carbocycles. The van der Waals surface area contributed by atoms with E-state index in [4.69, 9.17) is 0 Å². The number of nitrogens with one attached hydrogen (secondary N) is 1. The van der Waals surface area contributed by atoms with Gasteiger partial charge in [0.25, 0.3) is 0 Å². The molecule has 0 unspecified atom stereocenters. The van der Waals surface area contributed by atoms with E-state index >= 15 is 0 Å². The van der Waals surface area contributed by atoms with Crippen LogP contribution in [0.3, 0.4) is 0 Å². The van der Waals surface area contributed by atoms with Crippen molar-refractivity contribution in [3.05, 3.63) is 29.8 Å². The highest BCUT2D eigenvalue weighted by molar-refractivity contribution is 7.90. The lowest BCUT2D eigenvalue weighted by molar-refractivity contribution is 0.112. The Balaban J connectivity index is 2.16. The number of carbonyl (C=O) groups is 1. The van der Waals surface area contributed by atoms with Crippen molar-refractivity contribution in [1.29, 1.82) is 0 Å². The summed E-state index contributed by atoms with van der Waals surface area (Å²) in [4.78, 5) is 10.6. The number of benzene rings is 1. The van der Waals surface area contributed by atoms with Gasteiger partial charge in [-0.3, -0.25) is 9.52 Å². The minimum atomic E-state index is -3.47. The highest BCUT2D eigenvalue weighted by atomic mass is 32.2. The third-order valence-electron chi connectivity index (χ3n) is 2.67. The van der Waals surface area contributed by atoms with Gasteiger partial charge in [0.15, 0.2) is 0 Å². The van der Waals surface area contributed by atoms with E-state index in [2.05, 4.69) is 4.72 Å². The summed E-state index contributed by atoms with van der Waals surface area (Å²) >= 11 is 0. The van der Waals surface area contributed by atoms with Crippen molar-refractivity contribution in [2.75, 3.05) is 17.8 Å². The van der Waals surface area contributed by atoms with Crippen molar-refractivity contribution in [2.24, 2.45) is 0 Å². The van der Waals surface area contributed by atoms with E-state index in [0.717, 1.165) is 12.8 Å². The maximum absolute atomic E-state index is 11.9. The number of anilines is 1. The molecule has 0 aliphatic carbocycles. The molecule has 1 fully saturated rings. The maximum Gasteiger partial charge on any atom is 0.301 e. The van der Waals surface area contributed by atoms with Crippen LogP contribution in [0.4, 0.5) is 5.69 Å². The molecule has 2 rings (SSSR count). The van der Waals surface area contributed by atoms with Crippen molar-refractivity contribution >= 4 is 22.2 Å². The van der Waals surface area contributed by atoms with Gasteiger partial charge in [0.05, 0.1) is 5.69 Å². The Kier molecular flexibility index (Phi) is 3.44. The third-order valence-corrected chi connectivity index (χ3v) is 4.21. The Labute approximate surface area is 101 Å². The average Bonchev–Trinajstić information content (AvgIpc) is 2.83. The zero-order chi connectivity index (χ0) is 12.3. The van der Waals surface area contributed by atoms with Crippen molar-refractivity contribution in [2.45, 2.75) is 12.8 Å². The number of aldehydes is 1. The van der Waals surface area contributed by atoms with Gasteiger partial charge in [0, 0.05) is 18.7 Å². The van der Waals surface area contributed by atoms with Crippen LogP contribution in [0.2, 0.25) is 0 Å². The first-order chi connectivity index (χ1) is 8.12. The summed E-state index contributed by atoms with van der Waals surface area (Å²) in [6.07, 6.45) is 2.48. The molecule has 1 aromatic rings. The van der Waals surface area contributed by atoms with E-state index in [9.17, 15) is 13.2 Å². The number of hydrogen-bond acceptors (Lipinski definition) is 3. The van der Waals surface area contributed by atoms with Gasteiger partial charge in [-0.1, -0.05) is 12.1 Å². The van der Waals surface area contributed by atoms with Crippen LogP contribution in [0.25, 0.3) is 0 Å². The molecule has 0 amide bonds. The molecular weight excluding hydrogens is 240 g/mol. The first-order valence-electron chi connectivity index (χ1n) is 5.45. The third kappa shape index (κ3) is 2.83. The number of carbonyl (C=O) groups excluding carboxylic acids is 1. The number of rotatable bonds is 4. The molecule has 5 nitrogen and oxygen atoms in total. The molecule has 0 aromatic heterocycles. The molecule has 1 N–H and O–H groups in total. The molecule has 1 aliphatic rings. The van der Waals surface area contributed by atoms with Crippen LogP contribution >= 0.6 is 0 Å². The van der Waals surface area contributed by atoms with Gasteiger partial charge in [0.2, 0.25) is 0 Å². The zero-order valence-corrected chi connectivity index (χ0v) is 10.1. The second-order valence-electron chi connectivity index (χ2n) is 3.96. The minimum Gasteiger partial charge on any atom is -0.298 e. The topological polar surface area (TPSA) is 66.5 Å². The van der Waals surface area contributed by atoms with E-state index in [1.807, 2.05) is 0 Å². The van der Waals surface area contributed by atoms with Crippen molar-refractivity contribution in [3.8, 4) is 0 Å². The zero-order valence-electron chi connectivity index (χ0n) is 9.30. The summed E-state index contributed by atoms with van der Waals surface area (Å²) in [5, 5.41) is 0. The lowest BCUT2D eigenvalue weighted by Crippen LogP contribution is -2.33. The molecule has 17 heavy (non-hydrogen) atoms. The summed E-state index contributed by atoms with van der Waals surface area (Å²) in [7, 11) is -3.47. The van der Waals surface area contributed by atoms with Crippen LogP contribution in [0.1, 0.15) is 23.2 Å². The first kappa shape index (κ1) is 12.1. The van der Waals surface area contributed by atoms with E-state index in [1.165, 1.54) is 10.4 Å². The second kappa shape index (κ2) is 4.85. The average molecular weight is 254 g/mol. The number of hydrogen-bond donors (Lipinski definition) is 1. The Morgan fingerprint density at radius 2 is 1.94 bits per heavy atom. The highest BCUT2D eigenvalue weighted by Gasteiger charge is 2.24. The van der Waals surface area contributed by atoms with Gasteiger partial charge in [0.1, 0.15) is 6.29 Å². The van der Waals surface area contributed by atoms with Gasteiger partial charge in [-0.25, -0.2) is 0 Å². The van der Waals surface area contributed by atoms with Crippen LogP contribution in [0, 0.1) is 0 Å². The SMILES string of the molecule is O=Cc1cccc(NS(=O)(=O)N2CCCC2)c1. The van der Waals surface area contributed by atoms with Gasteiger partial charge in [-0.05, 0) is 25.0 Å². The predicted octanol–water partition coefficient (Wildman–Crippen LogP) is 1.25. The molecule has 1 saturated heterocycles. The highest BCUT2D eigenvalue weighted by Crippen LogP contribution is 2.17. The lowest BCUT2D eigenvalue weighted by Gasteiger charge is -2.16. The fourth-order valence-corrected chi connectivity index (χ4v) is 3.11. The normalized spacial score (nSPS) is 16.9. The first-order valence-corrected chi connectivity index (χ1v) is 6.89. The smallest absolute Gasteiger partial charge is 0.298 e. The summed E-state index contributed by atoms with van der Waals surface area (Å²) in [5.74, 6) is 0. The molecule has 1 heterocycles. The minimum absolute atomic E-state index is 0.418. The fourth-order valence-electron chi connectivity index (χ4n) is 1.82. The lowest BCUT2D eigenvalue weighted by atomic mass is 10.2. The van der Waals surface area contributed by atoms with Gasteiger partial charge >= 0.3 is 10.2 Å². The molecule has 92 valence electrons. The monoisotopic (exact) mass is 254 g/mol. The van der Waals surface area contributed by atoms with Gasteiger partial charge < -0.3 is 0 Å². The Morgan fingerprint density at radius 1 is 1.24 bits per heavy atom. The molecule has 0 atom stereocenters. The van der Waals surface area contributed by atoms with Crippen LogP contribution < -0.4 is 4.72 Å². The van der Waals surface area contributed by atoms with Crippen LogP contribution in [-0.4, -0.2) is 32.1 Å². The molecular formula is C11H14N2O3S. The van der Waals surface area contributed by atoms with Gasteiger partial charge in [-0.15, -0.1) is 0 Å².